The molecule has 17 heavy (non-hydrogen) atoms. The minimum absolute atomic E-state index is 0.0890. The van der Waals surface area contributed by atoms with E-state index in [1.165, 1.54) is 0 Å². The summed E-state index contributed by atoms with van der Waals surface area (Å²) in [5.41, 5.74) is -0.711. The summed E-state index contributed by atoms with van der Waals surface area (Å²) in [7, 11) is 0. The Hall–Kier alpha value is -0.910. The van der Waals surface area contributed by atoms with E-state index < -0.39 is 36.7 Å². The summed E-state index contributed by atoms with van der Waals surface area (Å²) in [6.45, 7) is 4.42. The number of aliphatic hydroxyl groups is 1. The van der Waals surface area contributed by atoms with Gasteiger partial charge in [-0.15, -0.1) is 0 Å². The highest BCUT2D eigenvalue weighted by molar-refractivity contribution is 5.68. The van der Waals surface area contributed by atoms with Gasteiger partial charge in [0.1, 0.15) is 5.60 Å². The second-order valence-corrected chi connectivity index (χ2v) is 5.40. The van der Waals surface area contributed by atoms with Crippen LogP contribution < -0.4 is 0 Å². The summed E-state index contributed by atoms with van der Waals surface area (Å²) in [5.74, 6) is -3.06. The van der Waals surface area contributed by atoms with Gasteiger partial charge in [-0.3, -0.25) is 0 Å². The second kappa shape index (κ2) is 4.76. The summed E-state index contributed by atoms with van der Waals surface area (Å²) in [4.78, 5) is 12.6. The van der Waals surface area contributed by atoms with Gasteiger partial charge in [0.25, 0.3) is 5.92 Å². The monoisotopic (exact) mass is 251 g/mol. The molecule has 6 heteroatoms. The molecule has 0 aliphatic carbocycles. The molecule has 1 heterocycles. The van der Waals surface area contributed by atoms with Gasteiger partial charge in [-0.1, -0.05) is 0 Å². The molecule has 100 valence electrons. The van der Waals surface area contributed by atoms with Crippen molar-refractivity contribution >= 4 is 6.09 Å². The highest BCUT2D eigenvalue weighted by Crippen LogP contribution is 2.27. The molecule has 0 aromatic rings. The van der Waals surface area contributed by atoms with Crippen LogP contribution in [0.2, 0.25) is 0 Å². The number of carbonyl (C=O) groups excluding carboxylic acids is 1. The van der Waals surface area contributed by atoms with Crippen LogP contribution in [-0.2, 0) is 4.74 Å². The normalized spacial score (nSPS) is 25.3. The van der Waals surface area contributed by atoms with Crippen molar-refractivity contribution in [3.8, 4) is 0 Å². The minimum Gasteiger partial charge on any atom is -0.444 e. The number of likely N-dealkylation sites (tertiary alicyclic amines) is 1. The maximum absolute atomic E-state index is 13.3. The Morgan fingerprint density at radius 2 is 2.06 bits per heavy atom. The van der Waals surface area contributed by atoms with Gasteiger partial charge in [-0.25, -0.2) is 13.6 Å². The number of halogens is 2. The lowest BCUT2D eigenvalue weighted by Crippen LogP contribution is -2.42. The van der Waals surface area contributed by atoms with Crippen LogP contribution in [-0.4, -0.2) is 46.8 Å². The Morgan fingerprint density at radius 3 is 2.59 bits per heavy atom. The van der Waals surface area contributed by atoms with Gasteiger partial charge in [0.15, 0.2) is 0 Å². The number of rotatable bonds is 0. The lowest BCUT2D eigenvalue weighted by Gasteiger charge is -2.27. The largest absolute Gasteiger partial charge is 0.444 e. The van der Waals surface area contributed by atoms with Gasteiger partial charge in [-0.05, 0) is 27.2 Å². The Balaban J connectivity index is 2.67. The maximum atomic E-state index is 13.3. The molecule has 1 amide bonds. The predicted octanol–water partition coefficient (Wildman–Crippen LogP) is 2.01. The van der Waals surface area contributed by atoms with Crippen molar-refractivity contribution in [2.24, 2.45) is 0 Å². The van der Waals surface area contributed by atoms with E-state index in [2.05, 4.69) is 0 Å². The molecule has 1 aliphatic rings. The molecule has 0 spiro atoms. The van der Waals surface area contributed by atoms with E-state index >= 15 is 0 Å². The first-order chi connectivity index (χ1) is 7.59. The van der Waals surface area contributed by atoms with Gasteiger partial charge in [-0.2, -0.15) is 0 Å². The fourth-order valence-corrected chi connectivity index (χ4v) is 1.66. The van der Waals surface area contributed by atoms with Crippen molar-refractivity contribution in [1.29, 1.82) is 0 Å². The maximum Gasteiger partial charge on any atom is 0.410 e. The van der Waals surface area contributed by atoms with Crippen LogP contribution >= 0.6 is 0 Å². The minimum atomic E-state index is -3.06. The van der Waals surface area contributed by atoms with Crippen molar-refractivity contribution in [1.82, 2.24) is 4.90 Å². The van der Waals surface area contributed by atoms with E-state index in [1.807, 2.05) is 0 Å². The third kappa shape index (κ3) is 4.85. The number of hydrogen-bond donors (Lipinski definition) is 1. The van der Waals surface area contributed by atoms with Crippen LogP contribution in [0.1, 0.15) is 33.6 Å². The zero-order valence-corrected chi connectivity index (χ0v) is 10.4. The van der Waals surface area contributed by atoms with Crippen molar-refractivity contribution in [3.63, 3.8) is 0 Å². The fraction of sp³-hybridized carbons (Fsp3) is 0.909. The van der Waals surface area contributed by atoms with E-state index in [9.17, 15) is 18.7 Å². The quantitative estimate of drug-likeness (QED) is 0.716. The van der Waals surface area contributed by atoms with Crippen molar-refractivity contribution < 1.29 is 23.4 Å². The first kappa shape index (κ1) is 14.2. The number of hydrogen-bond acceptors (Lipinski definition) is 3. The topological polar surface area (TPSA) is 49.8 Å². The summed E-state index contributed by atoms with van der Waals surface area (Å²) in [6.07, 6.45) is -2.29. The van der Waals surface area contributed by atoms with Gasteiger partial charge in [0.2, 0.25) is 0 Å². The highest BCUT2D eigenvalue weighted by atomic mass is 19.3. The Morgan fingerprint density at radius 1 is 1.47 bits per heavy atom. The molecule has 1 atom stereocenters. The van der Waals surface area contributed by atoms with Gasteiger partial charge in [0, 0.05) is 13.0 Å². The van der Waals surface area contributed by atoms with Crippen LogP contribution in [0.5, 0.6) is 0 Å². The number of ether oxygens (including phenoxy) is 1. The Bertz CT molecular complexity index is 289. The van der Waals surface area contributed by atoms with E-state index in [0.717, 1.165) is 4.90 Å². The van der Waals surface area contributed by atoms with Gasteiger partial charge in [0.05, 0.1) is 12.6 Å². The third-order valence-electron chi connectivity index (χ3n) is 2.34. The SMILES string of the molecule is CC(C)(C)OC(=O)N1CCC(O)CC(F)(F)C1. The highest BCUT2D eigenvalue weighted by Gasteiger charge is 2.39. The molecule has 0 aromatic carbocycles. The molecule has 1 saturated heterocycles. The van der Waals surface area contributed by atoms with Crippen LogP contribution in [0.4, 0.5) is 13.6 Å². The van der Waals surface area contributed by atoms with E-state index in [4.69, 9.17) is 4.74 Å². The smallest absolute Gasteiger partial charge is 0.410 e. The molecule has 1 unspecified atom stereocenters. The van der Waals surface area contributed by atoms with E-state index in [0.29, 0.717) is 0 Å². The first-order valence-corrected chi connectivity index (χ1v) is 5.63. The van der Waals surface area contributed by atoms with Crippen molar-refractivity contribution in [3.05, 3.63) is 0 Å². The zero-order chi connectivity index (χ0) is 13.3. The molecule has 1 aliphatic heterocycles. The van der Waals surface area contributed by atoms with Gasteiger partial charge < -0.3 is 14.7 Å². The van der Waals surface area contributed by atoms with Crippen LogP contribution in [0, 0.1) is 0 Å². The van der Waals surface area contributed by atoms with Crippen molar-refractivity contribution in [2.45, 2.75) is 51.2 Å². The third-order valence-corrected chi connectivity index (χ3v) is 2.34. The predicted molar refractivity (Wildman–Crippen MR) is 58.0 cm³/mol. The number of nitrogens with zero attached hydrogens (tertiary/aromatic N) is 1. The molecule has 1 rings (SSSR count). The molecule has 0 aromatic heterocycles. The van der Waals surface area contributed by atoms with Crippen molar-refractivity contribution in [2.75, 3.05) is 13.1 Å². The second-order valence-electron chi connectivity index (χ2n) is 5.40. The molecule has 4 nitrogen and oxygen atoms in total. The summed E-state index contributed by atoms with van der Waals surface area (Å²) >= 11 is 0. The molecule has 0 bridgehead atoms. The van der Waals surface area contributed by atoms with E-state index in [1.54, 1.807) is 20.8 Å². The lowest BCUT2D eigenvalue weighted by molar-refractivity contribution is -0.0539. The number of carbonyl (C=O) groups is 1. The van der Waals surface area contributed by atoms with Gasteiger partial charge >= 0.3 is 6.09 Å². The van der Waals surface area contributed by atoms with Crippen LogP contribution in [0.3, 0.4) is 0 Å². The summed E-state index contributed by atoms with van der Waals surface area (Å²) < 4.78 is 31.7. The Kier molecular flexibility index (Phi) is 3.96. The molecule has 0 saturated carbocycles. The number of amides is 1. The average Bonchev–Trinajstić information content (AvgIpc) is 2.20. The van der Waals surface area contributed by atoms with Crippen LogP contribution in [0.15, 0.2) is 0 Å². The summed E-state index contributed by atoms with van der Waals surface area (Å²) in [6, 6.07) is 0. The number of aliphatic hydroxyl groups excluding tert-OH is 1. The fourth-order valence-electron chi connectivity index (χ4n) is 1.66. The molecule has 1 fully saturated rings. The van der Waals surface area contributed by atoms with Crippen LogP contribution in [0.25, 0.3) is 0 Å². The molecule has 0 radical (unpaired) electrons. The average molecular weight is 251 g/mol. The zero-order valence-electron chi connectivity index (χ0n) is 10.4. The van der Waals surface area contributed by atoms with E-state index in [-0.39, 0.29) is 13.0 Å². The standard InChI is InChI=1S/C11H19F2NO3/c1-10(2,3)17-9(16)14-5-4-8(15)6-11(12,13)7-14/h8,15H,4-7H2,1-3H3. The first-order valence-electron chi connectivity index (χ1n) is 5.63. The summed E-state index contributed by atoms with van der Waals surface area (Å²) in [5, 5.41) is 9.30. The Labute approximate surface area is 99.5 Å². The molecular formula is C11H19F2NO3. The lowest BCUT2D eigenvalue weighted by atomic mass is 10.1. The number of alkyl halides is 2. The molecular weight excluding hydrogens is 232 g/mol. The molecule has 1 N–H and O–H groups in total.